The first-order chi connectivity index (χ1) is 11.2. The summed E-state index contributed by atoms with van der Waals surface area (Å²) in [7, 11) is 0. The quantitative estimate of drug-likeness (QED) is 0.703. The Hall–Kier alpha value is -2.67. The van der Waals surface area contributed by atoms with Gasteiger partial charge in [0.25, 0.3) is 0 Å². The molecule has 1 aromatic carbocycles. The van der Waals surface area contributed by atoms with Gasteiger partial charge in [0.2, 0.25) is 5.91 Å². The molecule has 0 fully saturated rings. The van der Waals surface area contributed by atoms with E-state index in [2.05, 4.69) is 25.9 Å². The minimum Gasteiger partial charge on any atom is -0.281 e. The summed E-state index contributed by atoms with van der Waals surface area (Å²) >= 11 is 5.91. The molecule has 118 valence electrons. The number of aromatic nitrogens is 4. The molecule has 7 nitrogen and oxygen atoms in total. The monoisotopic (exact) mass is 330 g/mol. The number of hydrogen-bond acceptors (Lipinski definition) is 5. The molecule has 0 aliphatic heterocycles. The zero-order valence-electron chi connectivity index (χ0n) is 12.5. The molecule has 0 unspecified atom stereocenters. The highest BCUT2D eigenvalue weighted by molar-refractivity contribution is 6.30. The summed E-state index contributed by atoms with van der Waals surface area (Å²) in [4.78, 5) is 20.0. The Bertz CT molecular complexity index is 830. The Labute approximate surface area is 137 Å². The number of hydrogen-bond donors (Lipinski definition) is 2. The smallest absolute Gasteiger partial charge is 0.238 e. The zero-order valence-corrected chi connectivity index (χ0v) is 13.2. The van der Waals surface area contributed by atoms with Gasteiger partial charge in [-0.2, -0.15) is 5.10 Å². The van der Waals surface area contributed by atoms with Gasteiger partial charge < -0.3 is 0 Å². The van der Waals surface area contributed by atoms with Gasteiger partial charge in [0.05, 0.1) is 17.3 Å². The first kappa shape index (κ1) is 15.2. The molecule has 1 amide bonds. The summed E-state index contributed by atoms with van der Waals surface area (Å²) in [6.07, 6.45) is 4.30. The lowest BCUT2D eigenvalue weighted by Gasteiger charge is -2.08. The van der Waals surface area contributed by atoms with Crippen LogP contribution in [0.25, 0.3) is 16.7 Å². The number of carbonyl (C=O) groups is 1. The Kier molecular flexibility index (Phi) is 4.38. The molecule has 0 aliphatic carbocycles. The van der Waals surface area contributed by atoms with E-state index in [0.29, 0.717) is 28.3 Å². The van der Waals surface area contributed by atoms with Gasteiger partial charge >= 0.3 is 0 Å². The normalized spacial score (nSPS) is 10.7. The Balaban J connectivity index is 1.91. The molecule has 0 atom stereocenters. The standard InChI is InChI=1S/C15H15ClN6O/c1-2-3-13(23)20-21-14-12-8-19-22(15(12)18-9-17-14)11-6-4-10(16)5-7-11/h4-9H,2-3H2,1H3,(H,20,23)(H,17,18,21). The van der Waals surface area contributed by atoms with Crippen LogP contribution in [0.2, 0.25) is 5.02 Å². The van der Waals surface area contributed by atoms with Gasteiger partial charge in [-0.3, -0.25) is 15.6 Å². The number of hydrazine groups is 1. The second kappa shape index (κ2) is 6.62. The van der Waals surface area contributed by atoms with E-state index in [-0.39, 0.29) is 5.91 Å². The van der Waals surface area contributed by atoms with Crippen molar-refractivity contribution < 1.29 is 4.79 Å². The van der Waals surface area contributed by atoms with E-state index in [1.54, 1.807) is 23.0 Å². The second-order valence-corrected chi connectivity index (χ2v) is 5.35. The van der Waals surface area contributed by atoms with Gasteiger partial charge in [-0.15, -0.1) is 0 Å². The van der Waals surface area contributed by atoms with Gasteiger partial charge in [-0.25, -0.2) is 14.6 Å². The molecule has 0 saturated carbocycles. The van der Waals surface area contributed by atoms with Crippen molar-refractivity contribution in [1.29, 1.82) is 0 Å². The van der Waals surface area contributed by atoms with Crippen LogP contribution in [-0.4, -0.2) is 25.7 Å². The minimum atomic E-state index is -0.0932. The van der Waals surface area contributed by atoms with Gasteiger partial charge in [-0.1, -0.05) is 18.5 Å². The molecular weight excluding hydrogens is 316 g/mol. The minimum absolute atomic E-state index is 0.0932. The van der Waals surface area contributed by atoms with E-state index in [1.165, 1.54) is 6.33 Å². The van der Waals surface area contributed by atoms with E-state index in [4.69, 9.17) is 11.6 Å². The third kappa shape index (κ3) is 3.24. The Morgan fingerprint density at radius 3 is 2.78 bits per heavy atom. The average Bonchev–Trinajstić information content (AvgIpc) is 2.98. The number of nitrogens with zero attached hydrogens (tertiary/aromatic N) is 4. The predicted octanol–water partition coefficient (Wildman–Crippen LogP) is 2.71. The molecule has 2 heterocycles. The highest BCUT2D eigenvalue weighted by atomic mass is 35.5. The molecule has 0 spiro atoms. The van der Waals surface area contributed by atoms with Crippen molar-refractivity contribution in [3.63, 3.8) is 0 Å². The van der Waals surface area contributed by atoms with Gasteiger partial charge in [0.1, 0.15) is 6.33 Å². The maximum absolute atomic E-state index is 11.6. The summed E-state index contributed by atoms with van der Waals surface area (Å²) in [5, 5.41) is 5.70. The first-order valence-corrected chi connectivity index (χ1v) is 7.56. The number of anilines is 1. The number of halogens is 1. The third-order valence-electron chi connectivity index (χ3n) is 3.23. The Morgan fingerprint density at radius 1 is 1.26 bits per heavy atom. The number of carbonyl (C=O) groups excluding carboxylic acids is 1. The molecule has 2 aromatic heterocycles. The van der Waals surface area contributed by atoms with E-state index in [9.17, 15) is 4.79 Å². The lowest BCUT2D eigenvalue weighted by molar-refractivity contribution is -0.120. The molecule has 3 aromatic rings. The SMILES string of the molecule is CCCC(=O)NNc1ncnc2c1cnn2-c1ccc(Cl)cc1. The summed E-state index contributed by atoms with van der Waals surface area (Å²) < 4.78 is 1.69. The molecule has 23 heavy (non-hydrogen) atoms. The van der Waals surface area contributed by atoms with Crippen molar-refractivity contribution >= 4 is 34.4 Å². The number of nitrogens with one attached hydrogen (secondary N) is 2. The third-order valence-corrected chi connectivity index (χ3v) is 3.49. The van der Waals surface area contributed by atoms with Gasteiger partial charge in [0.15, 0.2) is 11.5 Å². The molecule has 0 bridgehead atoms. The van der Waals surface area contributed by atoms with Crippen LogP contribution in [0, 0.1) is 0 Å². The maximum Gasteiger partial charge on any atom is 0.238 e. The topological polar surface area (TPSA) is 84.7 Å². The predicted molar refractivity (Wildman–Crippen MR) is 88.3 cm³/mol. The number of benzene rings is 1. The summed E-state index contributed by atoms with van der Waals surface area (Å²) in [5.74, 6) is 0.407. The van der Waals surface area contributed by atoms with Crippen LogP contribution < -0.4 is 10.9 Å². The van der Waals surface area contributed by atoms with E-state index in [1.807, 2.05) is 19.1 Å². The highest BCUT2D eigenvalue weighted by Crippen LogP contribution is 2.21. The number of rotatable bonds is 5. The lowest BCUT2D eigenvalue weighted by atomic mass is 10.3. The molecule has 0 saturated heterocycles. The van der Waals surface area contributed by atoms with Crippen LogP contribution in [0.15, 0.2) is 36.8 Å². The average molecular weight is 331 g/mol. The van der Waals surface area contributed by atoms with Crippen LogP contribution in [0.3, 0.4) is 0 Å². The van der Waals surface area contributed by atoms with E-state index in [0.717, 1.165) is 12.1 Å². The fraction of sp³-hybridized carbons (Fsp3) is 0.200. The van der Waals surface area contributed by atoms with Gasteiger partial charge in [0, 0.05) is 11.4 Å². The maximum atomic E-state index is 11.6. The zero-order chi connectivity index (χ0) is 16.2. The van der Waals surface area contributed by atoms with Crippen molar-refractivity contribution in [2.24, 2.45) is 0 Å². The largest absolute Gasteiger partial charge is 0.281 e. The van der Waals surface area contributed by atoms with Crippen LogP contribution in [0.4, 0.5) is 5.82 Å². The summed E-state index contributed by atoms with van der Waals surface area (Å²) in [6, 6.07) is 7.28. The summed E-state index contributed by atoms with van der Waals surface area (Å²) in [5.41, 5.74) is 6.91. The molecule has 2 N–H and O–H groups in total. The molecule has 3 rings (SSSR count). The fourth-order valence-electron chi connectivity index (χ4n) is 2.13. The van der Waals surface area contributed by atoms with Crippen LogP contribution >= 0.6 is 11.6 Å². The van der Waals surface area contributed by atoms with Crippen molar-refractivity contribution in [1.82, 2.24) is 25.2 Å². The van der Waals surface area contributed by atoms with E-state index < -0.39 is 0 Å². The molecular formula is C15H15ClN6O. The van der Waals surface area contributed by atoms with Crippen LogP contribution in [0.1, 0.15) is 19.8 Å². The molecule has 0 aliphatic rings. The highest BCUT2D eigenvalue weighted by Gasteiger charge is 2.11. The fourth-order valence-corrected chi connectivity index (χ4v) is 2.26. The number of amides is 1. The molecule has 8 heteroatoms. The second-order valence-electron chi connectivity index (χ2n) is 4.92. The van der Waals surface area contributed by atoms with Crippen LogP contribution in [0.5, 0.6) is 0 Å². The number of fused-ring (bicyclic) bond motifs is 1. The van der Waals surface area contributed by atoms with Crippen molar-refractivity contribution in [2.75, 3.05) is 5.43 Å². The van der Waals surface area contributed by atoms with Crippen molar-refractivity contribution in [3.8, 4) is 5.69 Å². The van der Waals surface area contributed by atoms with Gasteiger partial charge in [-0.05, 0) is 30.7 Å². The van der Waals surface area contributed by atoms with Crippen molar-refractivity contribution in [3.05, 3.63) is 41.8 Å². The van der Waals surface area contributed by atoms with Crippen LogP contribution in [-0.2, 0) is 4.79 Å². The van der Waals surface area contributed by atoms with E-state index >= 15 is 0 Å². The molecule has 0 radical (unpaired) electrons. The lowest BCUT2D eigenvalue weighted by Crippen LogP contribution is -2.29. The first-order valence-electron chi connectivity index (χ1n) is 7.18. The van der Waals surface area contributed by atoms with Crippen molar-refractivity contribution in [2.45, 2.75) is 19.8 Å². The summed E-state index contributed by atoms with van der Waals surface area (Å²) in [6.45, 7) is 1.94. The Morgan fingerprint density at radius 2 is 2.04 bits per heavy atom.